The topological polar surface area (TPSA) is 83.6 Å². The van der Waals surface area contributed by atoms with Crippen molar-refractivity contribution in [1.29, 1.82) is 0 Å². The van der Waals surface area contributed by atoms with Crippen LogP contribution in [0.15, 0.2) is 48.5 Å². The Labute approximate surface area is 163 Å². The van der Waals surface area contributed by atoms with Gasteiger partial charge in [0.2, 0.25) is 5.91 Å². The highest BCUT2D eigenvalue weighted by atomic mass is 16.2. The summed E-state index contributed by atoms with van der Waals surface area (Å²) in [6.07, 6.45) is 1.29. The minimum atomic E-state index is -0.588. The summed E-state index contributed by atoms with van der Waals surface area (Å²) in [7, 11) is 0. The molecule has 2 aromatic carbocycles. The van der Waals surface area contributed by atoms with Gasteiger partial charge >= 0.3 is 0 Å². The SMILES string of the molecule is CC(=O)c1cccc(NC(=O)[C@@H]2CCCN2C(=O)c2cccc(C(C)=O)c2)c1. The molecule has 6 heteroatoms. The molecule has 0 aromatic heterocycles. The molecule has 1 heterocycles. The minimum absolute atomic E-state index is 0.0841. The van der Waals surface area contributed by atoms with E-state index in [2.05, 4.69) is 5.32 Å². The zero-order valence-electron chi connectivity index (χ0n) is 15.9. The molecule has 1 N–H and O–H groups in total. The van der Waals surface area contributed by atoms with Crippen molar-refractivity contribution in [2.75, 3.05) is 11.9 Å². The van der Waals surface area contributed by atoms with E-state index in [4.69, 9.17) is 0 Å². The van der Waals surface area contributed by atoms with E-state index >= 15 is 0 Å². The summed E-state index contributed by atoms with van der Waals surface area (Å²) in [5.41, 5.74) is 1.90. The Bertz CT molecular complexity index is 951. The fourth-order valence-corrected chi connectivity index (χ4v) is 3.36. The van der Waals surface area contributed by atoms with Gasteiger partial charge in [-0.15, -0.1) is 0 Å². The second-order valence-electron chi connectivity index (χ2n) is 6.92. The van der Waals surface area contributed by atoms with E-state index in [1.807, 2.05) is 0 Å². The maximum absolute atomic E-state index is 12.9. The first-order chi connectivity index (χ1) is 13.4. The zero-order valence-corrected chi connectivity index (χ0v) is 15.9. The molecule has 1 aliphatic rings. The number of hydrogen-bond donors (Lipinski definition) is 1. The van der Waals surface area contributed by atoms with Crippen LogP contribution in [-0.2, 0) is 4.79 Å². The van der Waals surface area contributed by atoms with Crippen LogP contribution >= 0.6 is 0 Å². The summed E-state index contributed by atoms with van der Waals surface area (Å²) in [4.78, 5) is 50.3. The van der Waals surface area contributed by atoms with E-state index in [0.717, 1.165) is 6.42 Å². The number of carbonyl (C=O) groups excluding carboxylic acids is 4. The lowest BCUT2D eigenvalue weighted by atomic mass is 10.1. The standard InChI is InChI=1S/C22H22N2O4/c1-14(25)16-6-3-8-18(12-16)22(28)24-11-5-10-20(24)21(27)23-19-9-4-7-17(13-19)15(2)26/h3-4,6-9,12-13,20H,5,10-11H2,1-2H3,(H,23,27)/t20-/m0/s1. The first-order valence-corrected chi connectivity index (χ1v) is 9.20. The van der Waals surface area contributed by atoms with Gasteiger partial charge in [-0.2, -0.15) is 0 Å². The molecule has 1 atom stereocenters. The van der Waals surface area contributed by atoms with Crippen molar-refractivity contribution in [3.63, 3.8) is 0 Å². The number of benzene rings is 2. The lowest BCUT2D eigenvalue weighted by molar-refractivity contribution is -0.119. The molecule has 0 unspecified atom stereocenters. The Hall–Kier alpha value is -3.28. The molecule has 3 rings (SSSR count). The quantitative estimate of drug-likeness (QED) is 0.809. The second kappa shape index (κ2) is 8.17. The van der Waals surface area contributed by atoms with Crippen molar-refractivity contribution in [3.8, 4) is 0 Å². The normalized spacial score (nSPS) is 15.9. The number of rotatable bonds is 5. The first-order valence-electron chi connectivity index (χ1n) is 9.20. The lowest BCUT2D eigenvalue weighted by Crippen LogP contribution is -2.43. The predicted molar refractivity (Wildman–Crippen MR) is 106 cm³/mol. The van der Waals surface area contributed by atoms with Gasteiger partial charge in [0, 0.05) is 28.9 Å². The molecular weight excluding hydrogens is 356 g/mol. The summed E-state index contributed by atoms with van der Waals surface area (Å²) in [6.45, 7) is 3.40. The maximum atomic E-state index is 12.9. The highest BCUT2D eigenvalue weighted by molar-refractivity contribution is 6.03. The Morgan fingerprint density at radius 1 is 0.893 bits per heavy atom. The van der Waals surface area contributed by atoms with Crippen LogP contribution in [0.25, 0.3) is 0 Å². The second-order valence-corrected chi connectivity index (χ2v) is 6.92. The van der Waals surface area contributed by atoms with Crippen LogP contribution in [0.3, 0.4) is 0 Å². The largest absolute Gasteiger partial charge is 0.327 e. The molecule has 6 nitrogen and oxygen atoms in total. The number of ketones is 2. The van der Waals surface area contributed by atoms with Crippen LogP contribution in [-0.4, -0.2) is 40.9 Å². The van der Waals surface area contributed by atoms with Crippen LogP contribution in [0, 0.1) is 0 Å². The number of hydrogen-bond acceptors (Lipinski definition) is 4. The molecule has 28 heavy (non-hydrogen) atoms. The van der Waals surface area contributed by atoms with Crippen molar-refractivity contribution in [3.05, 3.63) is 65.2 Å². The van der Waals surface area contributed by atoms with Gasteiger partial charge in [0.1, 0.15) is 6.04 Å². The summed E-state index contributed by atoms with van der Waals surface area (Å²) in [6, 6.07) is 12.7. The highest BCUT2D eigenvalue weighted by Gasteiger charge is 2.34. The third kappa shape index (κ3) is 4.17. The lowest BCUT2D eigenvalue weighted by Gasteiger charge is -2.24. The Kier molecular flexibility index (Phi) is 5.68. The summed E-state index contributed by atoms with van der Waals surface area (Å²) in [5, 5.41) is 2.81. The average Bonchev–Trinajstić information content (AvgIpc) is 3.17. The van der Waals surface area contributed by atoms with Crippen molar-refractivity contribution in [2.45, 2.75) is 32.7 Å². The number of anilines is 1. The molecule has 2 amide bonds. The van der Waals surface area contributed by atoms with Crippen LogP contribution in [0.5, 0.6) is 0 Å². The maximum Gasteiger partial charge on any atom is 0.254 e. The van der Waals surface area contributed by atoms with Gasteiger partial charge in [-0.3, -0.25) is 19.2 Å². The molecule has 0 saturated carbocycles. The smallest absolute Gasteiger partial charge is 0.254 e. The van der Waals surface area contributed by atoms with Crippen LogP contribution in [0.1, 0.15) is 57.8 Å². The van der Waals surface area contributed by atoms with Crippen molar-refractivity contribution >= 4 is 29.1 Å². The zero-order chi connectivity index (χ0) is 20.3. The monoisotopic (exact) mass is 378 g/mol. The van der Waals surface area contributed by atoms with Crippen LogP contribution in [0.2, 0.25) is 0 Å². The number of amides is 2. The number of nitrogens with zero attached hydrogens (tertiary/aromatic N) is 1. The van der Waals surface area contributed by atoms with E-state index < -0.39 is 6.04 Å². The third-order valence-electron chi connectivity index (χ3n) is 4.87. The predicted octanol–water partition coefficient (Wildman–Crippen LogP) is 3.34. The van der Waals surface area contributed by atoms with E-state index in [0.29, 0.717) is 35.3 Å². The van der Waals surface area contributed by atoms with Gasteiger partial charge < -0.3 is 10.2 Å². The number of nitrogens with one attached hydrogen (secondary N) is 1. The highest BCUT2D eigenvalue weighted by Crippen LogP contribution is 2.23. The Morgan fingerprint density at radius 3 is 2.18 bits per heavy atom. The number of carbonyl (C=O) groups is 4. The van der Waals surface area contributed by atoms with Gasteiger partial charge in [0.25, 0.3) is 5.91 Å². The fraction of sp³-hybridized carbons (Fsp3) is 0.273. The molecule has 1 saturated heterocycles. The summed E-state index contributed by atoms with van der Waals surface area (Å²) < 4.78 is 0. The minimum Gasteiger partial charge on any atom is -0.327 e. The first kappa shape index (κ1) is 19.5. The molecule has 0 aliphatic carbocycles. The molecule has 2 aromatic rings. The molecule has 0 radical (unpaired) electrons. The summed E-state index contributed by atoms with van der Waals surface area (Å²) >= 11 is 0. The molecule has 144 valence electrons. The molecule has 0 bridgehead atoms. The van der Waals surface area contributed by atoms with Crippen LogP contribution < -0.4 is 5.32 Å². The Morgan fingerprint density at radius 2 is 1.50 bits per heavy atom. The van der Waals surface area contributed by atoms with Gasteiger partial charge in [-0.1, -0.05) is 24.3 Å². The average molecular weight is 378 g/mol. The number of likely N-dealkylation sites (tertiary alicyclic amines) is 1. The van der Waals surface area contributed by atoms with E-state index in [1.54, 1.807) is 53.4 Å². The molecular formula is C22H22N2O4. The van der Waals surface area contributed by atoms with Gasteiger partial charge in [0.15, 0.2) is 11.6 Å². The fourth-order valence-electron chi connectivity index (χ4n) is 3.36. The van der Waals surface area contributed by atoms with E-state index in [1.165, 1.54) is 13.8 Å². The van der Waals surface area contributed by atoms with Crippen molar-refractivity contribution in [1.82, 2.24) is 4.90 Å². The Balaban J connectivity index is 1.77. The third-order valence-corrected chi connectivity index (χ3v) is 4.87. The van der Waals surface area contributed by atoms with Gasteiger partial charge in [-0.25, -0.2) is 0 Å². The van der Waals surface area contributed by atoms with Gasteiger partial charge in [0.05, 0.1) is 0 Å². The number of Topliss-reactive ketones (excluding diaryl/α,β-unsaturated/α-hetero) is 2. The van der Waals surface area contributed by atoms with Gasteiger partial charge in [-0.05, 0) is 51.0 Å². The molecule has 0 spiro atoms. The van der Waals surface area contributed by atoms with Crippen LogP contribution in [0.4, 0.5) is 5.69 Å². The summed E-state index contributed by atoms with van der Waals surface area (Å²) in [5.74, 6) is -0.748. The molecule has 1 aliphatic heterocycles. The molecule has 1 fully saturated rings. The van der Waals surface area contributed by atoms with E-state index in [9.17, 15) is 19.2 Å². The van der Waals surface area contributed by atoms with Crippen molar-refractivity contribution < 1.29 is 19.2 Å². The van der Waals surface area contributed by atoms with Crippen molar-refractivity contribution in [2.24, 2.45) is 0 Å². The van der Waals surface area contributed by atoms with E-state index in [-0.39, 0.29) is 23.4 Å².